The highest BCUT2D eigenvalue weighted by molar-refractivity contribution is 6.31. The van der Waals surface area contributed by atoms with Gasteiger partial charge in [0.15, 0.2) is 0 Å². The number of ether oxygens (including phenoxy) is 1. The molecule has 0 atom stereocenters. The Labute approximate surface area is 117 Å². The first-order valence-corrected chi connectivity index (χ1v) is 6.41. The molecule has 4 nitrogen and oxygen atoms in total. The van der Waals surface area contributed by atoms with E-state index < -0.39 is 0 Å². The van der Waals surface area contributed by atoms with E-state index in [2.05, 4.69) is 10.3 Å². The Hall–Kier alpha value is -1.94. The molecule has 2 rings (SSSR count). The van der Waals surface area contributed by atoms with Crippen LogP contribution in [0.15, 0.2) is 30.3 Å². The molecule has 19 heavy (non-hydrogen) atoms. The number of nitrogens with two attached hydrogens (primary N) is 1. The number of rotatable bonds is 4. The van der Waals surface area contributed by atoms with Crippen molar-refractivity contribution in [2.24, 2.45) is 0 Å². The molecule has 0 saturated heterocycles. The minimum absolute atomic E-state index is 0.437. The van der Waals surface area contributed by atoms with Crippen LogP contribution in [-0.4, -0.2) is 11.6 Å². The normalized spacial score (nSPS) is 10.3. The Balaban J connectivity index is 2.28. The average molecular weight is 278 g/mol. The van der Waals surface area contributed by atoms with Gasteiger partial charge in [0, 0.05) is 10.7 Å². The van der Waals surface area contributed by atoms with Crippen LogP contribution in [0.5, 0.6) is 5.88 Å². The van der Waals surface area contributed by atoms with E-state index in [9.17, 15) is 0 Å². The fourth-order valence-corrected chi connectivity index (χ4v) is 1.83. The predicted octanol–water partition coefficient (Wildman–Crippen LogP) is 3.77. The summed E-state index contributed by atoms with van der Waals surface area (Å²) in [5.41, 5.74) is 8.19. The summed E-state index contributed by atoms with van der Waals surface area (Å²) in [6.45, 7) is 4.37. The van der Waals surface area contributed by atoms with Crippen molar-refractivity contribution in [1.82, 2.24) is 4.98 Å². The maximum absolute atomic E-state index is 6.08. The minimum Gasteiger partial charge on any atom is -0.476 e. The third-order valence-electron chi connectivity index (χ3n) is 2.70. The number of hydrogen-bond donors (Lipinski definition) is 2. The molecule has 0 spiro atoms. The third-order valence-corrected chi connectivity index (χ3v) is 3.11. The summed E-state index contributed by atoms with van der Waals surface area (Å²) in [5, 5.41) is 3.92. The van der Waals surface area contributed by atoms with Gasteiger partial charge in [-0.3, -0.25) is 0 Å². The van der Waals surface area contributed by atoms with Gasteiger partial charge in [0.1, 0.15) is 5.82 Å². The van der Waals surface area contributed by atoms with Gasteiger partial charge in [-0.1, -0.05) is 17.7 Å². The Bertz CT molecular complexity index is 587. The van der Waals surface area contributed by atoms with Crippen LogP contribution in [0.25, 0.3) is 0 Å². The largest absolute Gasteiger partial charge is 0.476 e. The van der Waals surface area contributed by atoms with Gasteiger partial charge in [-0.05, 0) is 43.7 Å². The molecule has 2 aromatic rings. The molecule has 0 amide bonds. The van der Waals surface area contributed by atoms with E-state index in [1.165, 1.54) is 0 Å². The molecule has 0 unspecified atom stereocenters. The average Bonchev–Trinajstić information content (AvgIpc) is 2.39. The van der Waals surface area contributed by atoms with E-state index >= 15 is 0 Å². The molecular weight excluding hydrogens is 262 g/mol. The Kier molecular flexibility index (Phi) is 4.12. The molecule has 0 aliphatic rings. The van der Waals surface area contributed by atoms with Crippen molar-refractivity contribution in [3.05, 3.63) is 40.9 Å². The standard InChI is InChI=1S/C14H16ClN3O/c1-3-19-14-11(16)7-8-13(18-14)17-12-6-4-5-10(15)9(12)2/h4-8H,3,16H2,1-2H3,(H,17,18). The first-order valence-electron chi connectivity index (χ1n) is 6.03. The second kappa shape index (κ2) is 5.80. The van der Waals surface area contributed by atoms with Gasteiger partial charge < -0.3 is 15.8 Å². The van der Waals surface area contributed by atoms with Gasteiger partial charge in [-0.2, -0.15) is 4.98 Å². The van der Waals surface area contributed by atoms with Crippen molar-refractivity contribution in [3.8, 4) is 5.88 Å². The molecule has 0 bridgehead atoms. The van der Waals surface area contributed by atoms with Crippen LogP contribution in [-0.2, 0) is 0 Å². The Morgan fingerprint density at radius 3 is 2.84 bits per heavy atom. The summed E-state index contributed by atoms with van der Waals surface area (Å²) < 4.78 is 5.37. The van der Waals surface area contributed by atoms with Gasteiger partial charge in [-0.25, -0.2) is 0 Å². The number of halogens is 1. The lowest BCUT2D eigenvalue weighted by atomic mass is 10.2. The highest BCUT2D eigenvalue weighted by Gasteiger charge is 2.06. The lowest BCUT2D eigenvalue weighted by Gasteiger charge is -2.12. The van der Waals surface area contributed by atoms with E-state index in [1.807, 2.05) is 32.0 Å². The van der Waals surface area contributed by atoms with Gasteiger partial charge in [0.25, 0.3) is 0 Å². The second-order valence-corrected chi connectivity index (χ2v) is 4.47. The molecular formula is C14H16ClN3O. The number of nitrogens with one attached hydrogen (secondary N) is 1. The molecule has 1 heterocycles. The number of nitrogen functional groups attached to an aromatic ring is 1. The molecule has 0 saturated carbocycles. The van der Waals surface area contributed by atoms with Crippen LogP contribution in [0.3, 0.4) is 0 Å². The zero-order chi connectivity index (χ0) is 13.8. The van der Waals surface area contributed by atoms with E-state index in [0.717, 1.165) is 11.3 Å². The summed E-state index contributed by atoms with van der Waals surface area (Å²) in [4.78, 5) is 4.33. The molecule has 0 radical (unpaired) electrons. The zero-order valence-corrected chi connectivity index (χ0v) is 11.7. The van der Waals surface area contributed by atoms with Crippen molar-refractivity contribution in [1.29, 1.82) is 0 Å². The van der Waals surface area contributed by atoms with Crippen LogP contribution in [0.4, 0.5) is 17.2 Å². The molecule has 100 valence electrons. The molecule has 5 heteroatoms. The van der Waals surface area contributed by atoms with Crippen LogP contribution < -0.4 is 15.8 Å². The topological polar surface area (TPSA) is 60.2 Å². The number of aromatic nitrogens is 1. The quantitative estimate of drug-likeness (QED) is 0.893. The van der Waals surface area contributed by atoms with Gasteiger partial charge in [-0.15, -0.1) is 0 Å². The van der Waals surface area contributed by atoms with Crippen LogP contribution in [0.2, 0.25) is 5.02 Å². The molecule has 1 aromatic carbocycles. The number of benzene rings is 1. The maximum atomic E-state index is 6.08. The number of pyridine rings is 1. The lowest BCUT2D eigenvalue weighted by Crippen LogP contribution is -2.02. The summed E-state index contributed by atoms with van der Waals surface area (Å²) in [6.07, 6.45) is 0. The third kappa shape index (κ3) is 3.09. The monoisotopic (exact) mass is 277 g/mol. The van der Waals surface area contributed by atoms with Crippen molar-refractivity contribution in [2.45, 2.75) is 13.8 Å². The highest BCUT2D eigenvalue weighted by Crippen LogP contribution is 2.27. The molecule has 0 aliphatic heterocycles. The van der Waals surface area contributed by atoms with E-state index in [1.54, 1.807) is 12.1 Å². The Morgan fingerprint density at radius 2 is 2.11 bits per heavy atom. The van der Waals surface area contributed by atoms with Gasteiger partial charge >= 0.3 is 0 Å². The molecule has 3 N–H and O–H groups in total. The SMILES string of the molecule is CCOc1nc(Nc2cccc(Cl)c2C)ccc1N. The minimum atomic E-state index is 0.437. The van der Waals surface area contributed by atoms with Gasteiger partial charge in [0.2, 0.25) is 5.88 Å². The second-order valence-electron chi connectivity index (χ2n) is 4.06. The maximum Gasteiger partial charge on any atom is 0.239 e. The summed E-state index contributed by atoms with van der Waals surface area (Å²) in [6, 6.07) is 9.25. The van der Waals surface area contributed by atoms with E-state index in [0.29, 0.717) is 29.0 Å². The lowest BCUT2D eigenvalue weighted by molar-refractivity contribution is 0.329. The van der Waals surface area contributed by atoms with Crippen LogP contribution in [0, 0.1) is 6.92 Å². The van der Waals surface area contributed by atoms with Crippen LogP contribution >= 0.6 is 11.6 Å². The molecule has 1 aromatic heterocycles. The number of nitrogens with zero attached hydrogens (tertiary/aromatic N) is 1. The van der Waals surface area contributed by atoms with Crippen molar-refractivity contribution in [2.75, 3.05) is 17.7 Å². The summed E-state index contributed by atoms with van der Waals surface area (Å²) >= 11 is 6.08. The summed E-state index contributed by atoms with van der Waals surface area (Å²) in [7, 11) is 0. The van der Waals surface area contributed by atoms with E-state index in [4.69, 9.17) is 22.1 Å². The Morgan fingerprint density at radius 1 is 1.32 bits per heavy atom. The first-order chi connectivity index (χ1) is 9.11. The van der Waals surface area contributed by atoms with Crippen LogP contribution in [0.1, 0.15) is 12.5 Å². The molecule has 0 fully saturated rings. The molecule has 0 aliphatic carbocycles. The van der Waals surface area contributed by atoms with Crippen molar-refractivity contribution < 1.29 is 4.74 Å². The predicted molar refractivity (Wildman–Crippen MR) is 79.3 cm³/mol. The van der Waals surface area contributed by atoms with E-state index in [-0.39, 0.29) is 0 Å². The van der Waals surface area contributed by atoms with Crippen molar-refractivity contribution >= 4 is 28.8 Å². The smallest absolute Gasteiger partial charge is 0.239 e. The first kappa shape index (κ1) is 13.5. The van der Waals surface area contributed by atoms with Crippen molar-refractivity contribution in [3.63, 3.8) is 0 Å². The highest BCUT2D eigenvalue weighted by atomic mass is 35.5. The number of anilines is 3. The fraction of sp³-hybridized carbons (Fsp3) is 0.214. The van der Waals surface area contributed by atoms with Gasteiger partial charge in [0.05, 0.1) is 12.3 Å². The summed E-state index contributed by atoms with van der Waals surface area (Å²) in [5.74, 6) is 1.11. The zero-order valence-electron chi connectivity index (χ0n) is 10.9. The number of hydrogen-bond acceptors (Lipinski definition) is 4. The fourth-order valence-electron chi connectivity index (χ4n) is 1.65.